The molecule has 51 heavy (non-hydrogen) atoms. The molecule has 3 aromatic heterocycles. The molecular formula is C34H25F4IN8O4. The average Bonchev–Trinajstić information content (AvgIpc) is 3.80. The molecule has 0 atom stereocenters. The van der Waals surface area contributed by atoms with Crippen LogP contribution in [0.1, 0.15) is 30.0 Å². The summed E-state index contributed by atoms with van der Waals surface area (Å²) in [5.74, 6) is -1.23. The van der Waals surface area contributed by atoms with Gasteiger partial charge in [-0.3, -0.25) is 23.5 Å². The number of aromatic amines is 1. The summed E-state index contributed by atoms with van der Waals surface area (Å²) in [5.41, 5.74) is -1.50. The number of fused-ring (bicyclic) bond motifs is 1. The molecule has 17 heteroatoms. The smallest absolute Gasteiger partial charge is 0.339 e. The maximum absolute atomic E-state index is 14.9. The van der Waals surface area contributed by atoms with Crippen molar-refractivity contribution in [2.24, 2.45) is 0 Å². The number of nitrogens with one attached hydrogen (secondary N) is 3. The Kier molecular flexibility index (Phi) is 8.60. The van der Waals surface area contributed by atoms with Crippen LogP contribution in [-0.4, -0.2) is 35.0 Å². The summed E-state index contributed by atoms with van der Waals surface area (Å²) in [6, 6.07) is 14.7. The van der Waals surface area contributed by atoms with Gasteiger partial charge in [-0.15, -0.1) is 5.10 Å². The Bertz CT molecular complexity index is 2540. The molecule has 0 saturated heterocycles. The van der Waals surface area contributed by atoms with Crippen molar-refractivity contribution >= 4 is 56.6 Å². The first-order valence-electron chi connectivity index (χ1n) is 15.4. The van der Waals surface area contributed by atoms with Crippen molar-refractivity contribution in [3.8, 4) is 16.9 Å². The van der Waals surface area contributed by atoms with E-state index >= 15 is 0 Å². The van der Waals surface area contributed by atoms with Crippen molar-refractivity contribution in [3.05, 3.63) is 125 Å². The van der Waals surface area contributed by atoms with Gasteiger partial charge in [0.05, 0.1) is 28.7 Å². The number of benzene rings is 3. The third kappa shape index (κ3) is 6.67. The van der Waals surface area contributed by atoms with Crippen LogP contribution in [0.3, 0.4) is 0 Å². The van der Waals surface area contributed by atoms with Crippen molar-refractivity contribution in [1.29, 1.82) is 0 Å². The van der Waals surface area contributed by atoms with E-state index in [1.54, 1.807) is 24.3 Å². The fourth-order valence-corrected chi connectivity index (χ4v) is 6.16. The number of alkyl halides is 3. The van der Waals surface area contributed by atoms with E-state index in [4.69, 9.17) is 0 Å². The van der Waals surface area contributed by atoms with Crippen LogP contribution in [0.2, 0.25) is 0 Å². The van der Waals surface area contributed by atoms with Crippen molar-refractivity contribution in [2.75, 3.05) is 10.6 Å². The summed E-state index contributed by atoms with van der Waals surface area (Å²) in [4.78, 5) is 56.9. The molecule has 1 aliphatic carbocycles. The minimum absolute atomic E-state index is 0.00918. The first-order valence-corrected chi connectivity index (χ1v) is 16.5. The molecule has 3 aromatic carbocycles. The van der Waals surface area contributed by atoms with Gasteiger partial charge >= 0.3 is 11.9 Å². The zero-order valence-electron chi connectivity index (χ0n) is 26.4. The molecule has 0 spiro atoms. The molecule has 0 unspecified atom stereocenters. The van der Waals surface area contributed by atoms with Crippen LogP contribution in [0.25, 0.3) is 27.8 Å². The molecule has 0 bridgehead atoms. The van der Waals surface area contributed by atoms with Gasteiger partial charge in [-0.1, -0.05) is 23.4 Å². The average molecular weight is 813 g/mol. The second-order valence-electron chi connectivity index (χ2n) is 11.9. The van der Waals surface area contributed by atoms with Crippen molar-refractivity contribution in [2.45, 2.75) is 38.5 Å². The SMILES string of the molecule is Cc1c(=O)[nH]c(Nc2ccc(I)cc2F)c2c(=O)n(C3CC3)c(=O)n(-c3cccc(NC(=O)Cn4cc(-c5ccc(C(F)(F)F)cc5)nn4)c3)c12. The minimum Gasteiger partial charge on any atom is -0.339 e. The molecule has 1 fully saturated rings. The summed E-state index contributed by atoms with van der Waals surface area (Å²) in [6.45, 7) is 1.17. The number of halogens is 5. The number of amides is 1. The Morgan fingerprint density at radius 2 is 1.78 bits per heavy atom. The summed E-state index contributed by atoms with van der Waals surface area (Å²) in [6.07, 6.45) is -1.88. The number of anilines is 3. The number of rotatable bonds is 8. The normalized spacial score (nSPS) is 13.1. The number of nitrogens with zero attached hydrogens (tertiary/aromatic N) is 5. The first kappa shape index (κ1) is 33.9. The zero-order valence-corrected chi connectivity index (χ0v) is 28.5. The minimum atomic E-state index is -4.48. The fraction of sp³-hybridized carbons (Fsp3) is 0.176. The number of aryl methyl sites for hydroxylation is 1. The van der Waals surface area contributed by atoms with E-state index < -0.39 is 40.3 Å². The number of pyridine rings is 1. The molecule has 3 heterocycles. The third-order valence-electron chi connectivity index (χ3n) is 8.32. The van der Waals surface area contributed by atoms with Crippen LogP contribution in [0.4, 0.5) is 34.8 Å². The number of hydrogen-bond donors (Lipinski definition) is 3. The summed E-state index contributed by atoms with van der Waals surface area (Å²) in [5, 5.41) is 13.4. The van der Waals surface area contributed by atoms with Crippen LogP contribution >= 0.6 is 22.6 Å². The molecule has 6 aromatic rings. The van der Waals surface area contributed by atoms with Gasteiger partial charge in [0.2, 0.25) is 5.91 Å². The quantitative estimate of drug-likeness (QED) is 0.128. The second kappa shape index (κ2) is 12.9. The lowest BCUT2D eigenvalue weighted by atomic mass is 10.1. The summed E-state index contributed by atoms with van der Waals surface area (Å²) < 4.78 is 57.9. The Morgan fingerprint density at radius 1 is 1.04 bits per heavy atom. The molecular weight excluding hydrogens is 787 g/mol. The number of aromatic nitrogens is 6. The van der Waals surface area contributed by atoms with Gasteiger partial charge < -0.3 is 15.6 Å². The molecule has 1 amide bonds. The van der Waals surface area contributed by atoms with E-state index in [1.807, 2.05) is 22.6 Å². The number of H-pyrrole nitrogens is 1. The van der Waals surface area contributed by atoms with Crippen LogP contribution in [0, 0.1) is 16.3 Å². The van der Waals surface area contributed by atoms with E-state index in [9.17, 15) is 36.7 Å². The molecule has 3 N–H and O–H groups in total. The number of carbonyl (C=O) groups is 1. The monoisotopic (exact) mass is 812 g/mol. The molecule has 0 aliphatic heterocycles. The van der Waals surface area contributed by atoms with Gasteiger partial charge in [0.1, 0.15) is 29.3 Å². The first-order chi connectivity index (χ1) is 24.3. The molecule has 1 saturated carbocycles. The number of carbonyl (C=O) groups excluding carboxylic acids is 1. The highest BCUT2D eigenvalue weighted by molar-refractivity contribution is 14.1. The van der Waals surface area contributed by atoms with Crippen LogP contribution in [-0.2, 0) is 17.5 Å². The molecule has 0 radical (unpaired) electrons. The van der Waals surface area contributed by atoms with Crippen LogP contribution in [0.5, 0.6) is 0 Å². The summed E-state index contributed by atoms with van der Waals surface area (Å²) >= 11 is 1.96. The van der Waals surface area contributed by atoms with Gasteiger partial charge in [0, 0.05) is 26.4 Å². The van der Waals surface area contributed by atoms with Gasteiger partial charge in [-0.05, 0) is 90.9 Å². The maximum atomic E-state index is 14.9. The largest absolute Gasteiger partial charge is 0.416 e. The fourth-order valence-electron chi connectivity index (χ4n) is 5.70. The standard InChI is InChI=1S/C34H25F4IN8O4/c1-17-29-28(30(42-31(17)49)41-25-12-9-20(39)13-24(25)35)32(50)47(22-10-11-22)33(51)46(29)23-4-2-3-21(14-23)40-27(48)16-45-15-26(43-44-45)18-5-7-19(8-6-18)34(36,37)38/h2-9,12-15,22H,10-11,16H2,1H3,(H,40,48)(H2,41,42,49). The van der Waals surface area contributed by atoms with Gasteiger partial charge in [0.25, 0.3) is 11.1 Å². The van der Waals surface area contributed by atoms with E-state index in [0.29, 0.717) is 22.0 Å². The predicted octanol–water partition coefficient (Wildman–Crippen LogP) is 5.89. The Morgan fingerprint density at radius 3 is 2.47 bits per heavy atom. The van der Waals surface area contributed by atoms with Crippen LogP contribution < -0.4 is 27.4 Å². The lowest BCUT2D eigenvalue weighted by molar-refractivity contribution is -0.137. The molecule has 7 rings (SSSR count). The topological polar surface area (TPSA) is 149 Å². The summed E-state index contributed by atoms with van der Waals surface area (Å²) in [7, 11) is 0. The highest BCUT2D eigenvalue weighted by Gasteiger charge is 2.32. The van der Waals surface area contributed by atoms with E-state index in [2.05, 4.69) is 25.9 Å². The maximum Gasteiger partial charge on any atom is 0.416 e. The van der Waals surface area contributed by atoms with E-state index in [-0.39, 0.29) is 57.6 Å². The number of hydrogen-bond acceptors (Lipinski definition) is 7. The highest BCUT2D eigenvalue weighted by atomic mass is 127. The molecule has 12 nitrogen and oxygen atoms in total. The van der Waals surface area contributed by atoms with E-state index in [0.717, 1.165) is 16.7 Å². The van der Waals surface area contributed by atoms with Gasteiger partial charge in [-0.25, -0.2) is 13.9 Å². The van der Waals surface area contributed by atoms with Crippen LogP contribution in [0.15, 0.2) is 87.3 Å². The Hall–Kier alpha value is -5.59. The molecule has 1 aliphatic rings. The van der Waals surface area contributed by atoms with Crippen molar-refractivity contribution in [3.63, 3.8) is 0 Å². The molecule has 260 valence electrons. The lowest BCUT2D eigenvalue weighted by Gasteiger charge is -2.18. The Balaban J connectivity index is 1.23. The van der Waals surface area contributed by atoms with Gasteiger partial charge in [0.15, 0.2) is 0 Å². The van der Waals surface area contributed by atoms with Crippen molar-refractivity contribution < 1.29 is 22.4 Å². The second-order valence-corrected chi connectivity index (χ2v) is 13.2. The van der Waals surface area contributed by atoms with Gasteiger partial charge in [-0.2, -0.15) is 13.2 Å². The third-order valence-corrected chi connectivity index (χ3v) is 8.99. The van der Waals surface area contributed by atoms with E-state index in [1.165, 1.54) is 52.7 Å². The van der Waals surface area contributed by atoms with Crippen molar-refractivity contribution in [1.82, 2.24) is 29.1 Å². The lowest BCUT2D eigenvalue weighted by Crippen LogP contribution is -2.40. The zero-order chi connectivity index (χ0) is 36.2. The highest BCUT2D eigenvalue weighted by Crippen LogP contribution is 2.34. The Labute approximate surface area is 297 Å². The predicted molar refractivity (Wildman–Crippen MR) is 189 cm³/mol.